The third kappa shape index (κ3) is 7.60. The molecule has 1 saturated heterocycles. The number of hydrogen-bond donors (Lipinski definition) is 1. The van der Waals surface area contributed by atoms with Crippen LogP contribution in [0.15, 0.2) is 30.3 Å². The number of phenols is 1. The molecule has 0 saturated carbocycles. The van der Waals surface area contributed by atoms with Gasteiger partial charge in [-0.3, -0.25) is 4.90 Å². The van der Waals surface area contributed by atoms with Crippen molar-refractivity contribution in [3.63, 3.8) is 0 Å². The molecule has 37 heavy (non-hydrogen) atoms. The summed E-state index contributed by atoms with van der Waals surface area (Å²) in [6, 6.07) is 11.5. The van der Waals surface area contributed by atoms with Gasteiger partial charge in [0.05, 0.1) is 0 Å². The van der Waals surface area contributed by atoms with Gasteiger partial charge >= 0.3 is 0 Å². The van der Waals surface area contributed by atoms with E-state index in [9.17, 15) is 5.11 Å². The van der Waals surface area contributed by atoms with Gasteiger partial charge in [-0.05, 0) is 77.7 Å². The number of unbranched alkanes of at least 4 members (excludes halogenated alkanes) is 2. The first-order valence-corrected chi connectivity index (χ1v) is 15.7. The fourth-order valence-electron chi connectivity index (χ4n) is 5.73. The highest BCUT2D eigenvalue weighted by Crippen LogP contribution is 2.52. The van der Waals surface area contributed by atoms with Crippen LogP contribution in [0.5, 0.6) is 5.75 Å². The Labute approximate surface area is 230 Å². The van der Waals surface area contributed by atoms with Crippen molar-refractivity contribution >= 4 is 13.9 Å². The number of phenolic OH excluding ortho intramolecular Hbond substituents is 1. The van der Waals surface area contributed by atoms with Crippen molar-refractivity contribution in [1.29, 1.82) is 0 Å². The first-order chi connectivity index (χ1) is 17.3. The molecule has 0 aromatic heterocycles. The Morgan fingerprint density at radius 2 is 1.51 bits per heavy atom. The average Bonchev–Trinajstić information content (AvgIpc) is 2.81. The number of rotatable bonds is 9. The first kappa shape index (κ1) is 30.2. The third-order valence-corrected chi connectivity index (χ3v) is 10.3. The van der Waals surface area contributed by atoms with Crippen molar-refractivity contribution in [3.05, 3.63) is 58.1 Å². The molecule has 2 nitrogen and oxygen atoms in total. The molecule has 1 fully saturated rings. The Morgan fingerprint density at radius 3 is 2.11 bits per heavy atom. The molecule has 0 radical (unpaired) electrons. The van der Waals surface area contributed by atoms with Crippen molar-refractivity contribution in [2.75, 3.05) is 13.1 Å². The van der Waals surface area contributed by atoms with Gasteiger partial charge < -0.3 is 5.11 Å². The normalized spacial score (nSPS) is 17.4. The second-order valence-electron chi connectivity index (χ2n) is 13.8. The van der Waals surface area contributed by atoms with Crippen LogP contribution in [-0.2, 0) is 22.5 Å². The molecule has 0 spiro atoms. The van der Waals surface area contributed by atoms with E-state index in [0.717, 1.165) is 24.1 Å². The standard InChI is InChI=1S/C34H54NOP/c1-10-11-13-19-34(9,29-23-27(32(3,4)5)22-28(30(29)36)33(6,7)8)37-31-25(2)17-16-18-26(31)24-35-20-14-12-15-21-35/h16-18,22-23,36-37H,10-15,19-21,24H2,1-9H3. The van der Waals surface area contributed by atoms with E-state index in [4.69, 9.17) is 0 Å². The Hall–Kier alpha value is -1.37. The van der Waals surface area contributed by atoms with E-state index in [-0.39, 0.29) is 16.0 Å². The number of benzene rings is 2. The lowest BCUT2D eigenvalue weighted by Crippen LogP contribution is -2.32. The maximum atomic E-state index is 11.9. The van der Waals surface area contributed by atoms with Crippen molar-refractivity contribution < 1.29 is 5.11 Å². The van der Waals surface area contributed by atoms with Crippen LogP contribution in [0.2, 0.25) is 0 Å². The van der Waals surface area contributed by atoms with Crippen molar-refractivity contribution in [3.8, 4) is 5.75 Å². The Kier molecular flexibility index (Phi) is 9.96. The topological polar surface area (TPSA) is 23.5 Å². The zero-order valence-corrected chi connectivity index (χ0v) is 26.4. The van der Waals surface area contributed by atoms with E-state index in [0.29, 0.717) is 14.3 Å². The Balaban J connectivity index is 2.14. The summed E-state index contributed by atoms with van der Waals surface area (Å²) in [5.74, 6) is 0.526. The summed E-state index contributed by atoms with van der Waals surface area (Å²) >= 11 is 0. The molecule has 2 aromatic rings. The lowest BCUT2D eigenvalue weighted by Gasteiger charge is -2.37. The SMILES string of the molecule is CCCCCC(C)(Pc1c(C)cccc1CN1CCCCC1)c1cc(C(C)(C)C)cc(C(C)(C)C)c1O. The van der Waals surface area contributed by atoms with Crippen LogP contribution in [0.25, 0.3) is 0 Å². The molecule has 3 rings (SSSR count). The smallest absolute Gasteiger partial charge is 0.123 e. The van der Waals surface area contributed by atoms with Crippen LogP contribution in [0.1, 0.15) is 128 Å². The second-order valence-corrected chi connectivity index (χ2v) is 15.6. The number of aromatic hydroxyl groups is 1. The highest BCUT2D eigenvalue weighted by Gasteiger charge is 2.35. The molecule has 1 aliphatic rings. The fourth-order valence-corrected chi connectivity index (χ4v) is 7.51. The maximum absolute atomic E-state index is 11.9. The summed E-state index contributed by atoms with van der Waals surface area (Å²) in [4.78, 5) is 2.65. The number of piperidine rings is 1. The van der Waals surface area contributed by atoms with Gasteiger partial charge in [-0.15, -0.1) is 0 Å². The highest BCUT2D eigenvalue weighted by molar-refractivity contribution is 7.48. The van der Waals surface area contributed by atoms with Crippen LogP contribution >= 0.6 is 8.58 Å². The van der Waals surface area contributed by atoms with Gasteiger partial charge in [0.1, 0.15) is 5.75 Å². The first-order valence-electron chi connectivity index (χ1n) is 14.7. The van der Waals surface area contributed by atoms with Crippen molar-refractivity contribution in [2.24, 2.45) is 0 Å². The predicted octanol–water partition coefficient (Wildman–Crippen LogP) is 9.08. The average molecular weight is 524 g/mol. The van der Waals surface area contributed by atoms with Gasteiger partial charge in [0.15, 0.2) is 0 Å². The fraction of sp³-hybridized carbons (Fsp3) is 0.647. The van der Waals surface area contributed by atoms with E-state index in [1.807, 2.05) is 0 Å². The summed E-state index contributed by atoms with van der Waals surface area (Å²) in [6.45, 7) is 24.1. The number of likely N-dealkylation sites (tertiary alicyclic amines) is 1. The van der Waals surface area contributed by atoms with Gasteiger partial charge in [0, 0.05) is 17.3 Å². The molecular weight excluding hydrogens is 469 g/mol. The number of nitrogens with zero attached hydrogens (tertiary/aromatic N) is 1. The summed E-state index contributed by atoms with van der Waals surface area (Å²) in [5, 5.41) is 13.3. The largest absolute Gasteiger partial charge is 0.507 e. The van der Waals surface area contributed by atoms with Gasteiger partial charge in [0.25, 0.3) is 0 Å². The lowest BCUT2D eigenvalue weighted by molar-refractivity contribution is 0.221. The molecule has 0 bridgehead atoms. The van der Waals surface area contributed by atoms with E-state index < -0.39 is 0 Å². The maximum Gasteiger partial charge on any atom is 0.123 e. The predicted molar refractivity (Wildman–Crippen MR) is 165 cm³/mol. The minimum absolute atomic E-state index is 0.0258. The molecule has 2 atom stereocenters. The lowest BCUT2D eigenvalue weighted by atomic mass is 9.77. The quantitative estimate of drug-likeness (QED) is 0.262. The van der Waals surface area contributed by atoms with Gasteiger partial charge in [-0.2, -0.15) is 0 Å². The summed E-state index contributed by atoms with van der Waals surface area (Å²) in [5.41, 5.74) is 6.37. The number of hydrogen-bond acceptors (Lipinski definition) is 2. The van der Waals surface area contributed by atoms with Crippen LogP contribution < -0.4 is 5.30 Å². The van der Waals surface area contributed by atoms with Crippen LogP contribution in [0.4, 0.5) is 0 Å². The second kappa shape index (κ2) is 12.2. The van der Waals surface area contributed by atoms with Crippen LogP contribution in [0.3, 0.4) is 0 Å². The van der Waals surface area contributed by atoms with Gasteiger partial charge in [-0.1, -0.05) is 120 Å². The third-order valence-electron chi connectivity index (χ3n) is 8.26. The Bertz CT molecular complexity index is 1040. The molecule has 2 aromatic carbocycles. The van der Waals surface area contributed by atoms with Crippen molar-refractivity contribution in [2.45, 2.75) is 130 Å². The van der Waals surface area contributed by atoms with E-state index in [1.54, 1.807) is 0 Å². The van der Waals surface area contributed by atoms with E-state index in [1.165, 1.54) is 73.6 Å². The minimum Gasteiger partial charge on any atom is -0.507 e. The molecular formula is C34H54NOP. The molecule has 1 heterocycles. The van der Waals surface area contributed by atoms with E-state index >= 15 is 0 Å². The van der Waals surface area contributed by atoms with Crippen molar-refractivity contribution in [1.82, 2.24) is 4.90 Å². The Morgan fingerprint density at radius 1 is 0.865 bits per heavy atom. The molecule has 0 aliphatic carbocycles. The number of aryl methyl sites for hydroxylation is 1. The summed E-state index contributed by atoms with van der Waals surface area (Å²) in [6.07, 6.45) is 8.75. The van der Waals surface area contributed by atoms with Gasteiger partial charge in [-0.25, -0.2) is 0 Å². The van der Waals surface area contributed by atoms with Crippen LogP contribution in [0, 0.1) is 6.92 Å². The molecule has 2 unspecified atom stereocenters. The van der Waals surface area contributed by atoms with Gasteiger partial charge in [0.2, 0.25) is 0 Å². The molecule has 1 N–H and O–H groups in total. The highest BCUT2D eigenvalue weighted by atomic mass is 31.1. The molecule has 3 heteroatoms. The zero-order valence-electron chi connectivity index (χ0n) is 25.4. The zero-order chi connectivity index (χ0) is 27.4. The van der Waals surface area contributed by atoms with Crippen LogP contribution in [-0.4, -0.2) is 23.1 Å². The summed E-state index contributed by atoms with van der Waals surface area (Å²) in [7, 11) is 0.625. The molecule has 206 valence electrons. The summed E-state index contributed by atoms with van der Waals surface area (Å²) < 4.78 is 0. The molecule has 0 amide bonds. The monoisotopic (exact) mass is 523 g/mol. The molecule has 1 aliphatic heterocycles. The minimum atomic E-state index is -0.115. The van der Waals surface area contributed by atoms with E-state index in [2.05, 4.69) is 97.5 Å².